The van der Waals surface area contributed by atoms with Gasteiger partial charge in [0, 0.05) is 22.4 Å². The molecule has 5 heteroatoms. The van der Waals surface area contributed by atoms with Crippen LogP contribution in [-0.4, -0.2) is 18.0 Å². The summed E-state index contributed by atoms with van der Waals surface area (Å²) in [5, 5.41) is 6.75. The zero-order valence-corrected chi connectivity index (χ0v) is 14.3. The first kappa shape index (κ1) is 16.2. The molecule has 4 nitrogen and oxygen atoms in total. The second-order valence-electron chi connectivity index (χ2n) is 5.51. The molecule has 0 amide bonds. The predicted molar refractivity (Wildman–Crippen MR) is 98.1 cm³/mol. The summed E-state index contributed by atoms with van der Waals surface area (Å²) in [6, 6.07) is 16.5. The average Bonchev–Trinajstić information content (AvgIpc) is 2.61. The lowest BCUT2D eigenvalue weighted by molar-refractivity contribution is 0.102. The molecule has 2 aromatic carbocycles. The zero-order valence-electron chi connectivity index (χ0n) is 13.5. The summed E-state index contributed by atoms with van der Waals surface area (Å²) in [6.07, 6.45) is 0. The van der Waals surface area contributed by atoms with Gasteiger partial charge in [-0.15, -0.1) is 0 Å². The topological polar surface area (TPSA) is 50.4 Å². The van der Waals surface area contributed by atoms with Crippen molar-refractivity contribution in [3.8, 4) is 5.75 Å². The van der Waals surface area contributed by atoms with Gasteiger partial charge in [0.2, 0.25) is 0 Å². The van der Waals surface area contributed by atoms with Crippen molar-refractivity contribution in [2.45, 2.75) is 13.0 Å². The largest absolute Gasteiger partial charge is 0.496 e. The molecule has 0 aromatic heterocycles. The van der Waals surface area contributed by atoms with Gasteiger partial charge in [-0.2, -0.15) is 0 Å². The highest BCUT2D eigenvalue weighted by molar-refractivity contribution is 7.80. The Labute approximate surface area is 146 Å². The molecule has 1 heterocycles. The molecule has 1 atom stereocenters. The van der Waals surface area contributed by atoms with E-state index in [-0.39, 0.29) is 11.8 Å². The minimum Gasteiger partial charge on any atom is -0.496 e. The molecular weight excluding hydrogens is 320 g/mol. The van der Waals surface area contributed by atoms with E-state index in [9.17, 15) is 4.79 Å². The van der Waals surface area contributed by atoms with E-state index in [1.165, 1.54) is 0 Å². The first-order chi connectivity index (χ1) is 11.6. The van der Waals surface area contributed by atoms with E-state index in [0.717, 1.165) is 11.3 Å². The van der Waals surface area contributed by atoms with E-state index >= 15 is 0 Å². The van der Waals surface area contributed by atoms with E-state index in [1.54, 1.807) is 7.11 Å². The summed E-state index contributed by atoms with van der Waals surface area (Å²) in [5.41, 5.74) is 2.91. The van der Waals surface area contributed by atoms with Crippen molar-refractivity contribution in [2.75, 3.05) is 7.11 Å². The summed E-state index contributed by atoms with van der Waals surface area (Å²) < 4.78 is 5.47. The highest BCUT2D eigenvalue weighted by Gasteiger charge is 2.31. The summed E-state index contributed by atoms with van der Waals surface area (Å²) in [5.74, 6) is 0.678. The number of methoxy groups -OCH3 is 1. The monoisotopic (exact) mass is 338 g/mol. The summed E-state index contributed by atoms with van der Waals surface area (Å²) in [4.78, 5) is 13.1. The van der Waals surface area contributed by atoms with Crippen LogP contribution in [0.25, 0.3) is 0 Å². The molecule has 1 unspecified atom stereocenters. The zero-order chi connectivity index (χ0) is 17.1. The number of allylic oxidation sites excluding steroid dienone is 1. The van der Waals surface area contributed by atoms with Gasteiger partial charge in [0.25, 0.3) is 0 Å². The van der Waals surface area contributed by atoms with Crippen molar-refractivity contribution in [1.29, 1.82) is 0 Å². The number of ketones is 1. The molecule has 0 saturated carbocycles. The van der Waals surface area contributed by atoms with E-state index in [1.807, 2.05) is 61.5 Å². The molecule has 0 fully saturated rings. The highest BCUT2D eigenvalue weighted by Crippen LogP contribution is 2.34. The number of ether oxygens (including phenoxy) is 1. The fraction of sp³-hybridized carbons (Fsp3) is 0.158. The van der Waals surface area contributed by atoms with E-state index in [4.69, 9.17) is 17.0 Å². The Hall–Kier alpha value is -2.66. The quantitative estimate of drug-likeness (QED) is 0.661. The summed E-state index contributed by atoms with van der Waals surface area (Å²) >= 11 is 5.29. The van der Waals surface area contributed by atoms with Crippen molar-refractivity contribution >= 4 is 23.1 Å². The average molecular weight is 338 g/mol. The predicted octanol–water partition coefficient (Wildman–Crippen LogP) is 3.37. The molecule has 0 aliphatic carbocycles. The molecule has 0 radical (unpaired) electrons. The van der Waals surface area contributed by atoms with Crippen LogP contribution in [0.1, 0.15) is 28.9 Å². The highest BCUT2D eigenvalue weighted by atomic mass is 32.1. The number of hydrogen-bond acceptors (Lipinski definition) is 3. The van der Waals surface area contributed by atoms with Crippen molar-refractivity contribution in [3.63, 3.8) is 0 Å². The van der Waals surface area contributed by atoms with Crippen LogP contribution in [0.4, 0.5) is 0 Å². The van der Waals surface area contributed by atoms with Gasteiger partial charge in [0.15, 0.2) is 10.9 Å². The minimum atomic E-state index is -0.359. The maximum absolute atomic E-state index is 13.1. The van der Waals surface area contributed by atoms with Crippen molar-refractivity contribution in [3.05, 3.63) is 77.0 Å². The lowest BCUT2D eigenvalue weighted by Gasteiger charge is -2.31. The van der Waals surface area contributed by atoms with Crippen molar-refractivity contribution in [2.24, 2.45) is 0 Å². The first-order valence-corrected chi connectivity index (χ1v) is 8.03. The van der Waals surface area contributed by atoms with Gasteiger partial charge in [-0.25, -0.2) is 0 Å². The second kappa shape index (κ2) is 6.84. The SMILES string of the molecule is COc1ccccc1C1NC(=S)NC(C)=C1C(=O)c1ccccc1. The molecule has 1 aliphatic rings. The summed E-state index contributed by atoms with van der Waals surface area (Å²) in [7, 11) is 1.62. The third-order valence-electron chi connectivity index (χ3n) is 4.00. The maximum atomic E-state index is 13.1. The van der Waals surface area contributed by atoms with Crippen molar-refractivity contribution in [1.82, 2.24) is 10.6 Å². The molecule has 24 heavy (non-hydrogen) atoms. The normalized spacial score (nSPS) is 17.1. The first-order valence-electron chi connectivity index (χ1n) is 7.62. The minimum absolute atomic E-state index is 0.0356. The van der Waals surface area contributed by atoms with Crippen LogP contribution in [0.15, 0.2) is 65.9 Å². The molecule has 1 aliphatic heterocycles. The Morgan fingerprint density at radius 2 is 1.75 bits per heavy atom. The van der Waals surface area contributed by atoms with Crippen LogP contribution in [0, 0.1) is 0 Å². The van der Waals surface area contributed by atoms with Gasteiger partial charge in [-0.1, -0.05) is 48.5 Å². The van der Waals surface area contributed by atoms with E-state index in [2.05, 4.69) is 10.6 Å². The molecule has 2 aromatic rings. The lowest BCUT2D eigenvalue weighted by Crippen LogP contribution is -2.45. The maximum Gasteiger partial charge on any atom is 0.193 e. The Balaban J connectivity index is 2.11. The number of hydrogen-bond donors (Lipinski definition) is 2. The van der Waals surface area contributed by atoms with Crippen molar-refractivity contribution < 1.29 is 9.53 Å². The van der Waals surface area contributed by atoms with Gasteiger partial charge >= 0.3 is 0 Å². The smallest absolute Gasteiger partial charge is 0.193 e. The summed E-state index contributed by atoms with van der Waals surface area (Å²) in [6.45, 7) is 1.87. The van der Waals surface area contributed by atoms with Gasteiger partial charge in [0.05, 0.1) is 13.2 Å². The third-order valence-corrected chi connectivity index (χ3v) is 4.22. The van der Waals surface area contributed by atoms with Gasteiger partial charge < -0.3 is 15.4 Å². The van der Waals surface area contributed by atoms with Crippen LogP contribution in [-0.2, 0) is 0 Å². The van der Waals surface area contributed by atoms with Gasteiger partial charge in [0.1, 0.15) is 5.75 Å². The molecule has 122 valence electrons. The number of carbonyl (C=O) groups is 1. The Morgan fingerprint density at radius 1 is 1.08 bits per heavy atom. The second-order valence-corrected chi connectivity index (χ2v) is 5.92. The van der Waals surface area contributed by atoms with Crippen LogP contribution in [0.3, 0.4) is 0 Å². The van der Waals surface area contributed by atoms with Gasteiger partial charge in [-0.05, 0) is 25.2 Å². The molecule has 0 saturated heterocycles. The number of benzene rings is 2. The Kier molecular flexibility index (Phi) is 4.62. The molecular formula is C19H18N2O2S. The Morgan fingerprint density at radius 3 is 2.46 bits per heavy atom. The molecule has 0 spiro atoms. The van der Waals surface area contributed by atoms with E-state index < -0.39 is 0 Å². The van der Waals surface area contributed by atoms with Crippen LogP contribution >= 0.6 is 12.2 Å². The number of carbonyl (C=O) groups excluding carboxylic acids is 1. The fourth-order valence-electron chi connectivity index (χ4n) is 2.88. The lowest BCUT2D eigenvalue weighted by atomic mass is 9.89. The Bertz CT molecular complexity index is 815. The van der Waals surface area contributed by atoms with Gasteiger partial charge in [-0.3, -0.25) is 4.79 Å². The third kappa shape index (κ3) is 3.03. The molecule has 3 rings (SSSR count). The number of thiocarbonyl (C=S) groups is 1. The van der Waals surface area contributed by atoms with Crippen LogP contribution in [0.2, 0.25) is 0 Å². The molecule has 2 N–H and O–H groups in total. The standard InChI is InChI=1S/C19H18N2O2S/c1-12-16(18(22)13-8-4-3-5-9-13)17(21-19(24)20-12)14-10-6-7-11-15(14)23-2/h3-11,17H,1-2H3,(H2,20,21,24). The number of para-hydroxylation sites is 1. The van der Waals surface area contributed by atoms with Crippen LogP contribution < -0.4 is 15.4 Å². The number of nitrogens with one attached hydrogen (secondary N) is 2. The fourth-order valence-corrected chi connectivity index (χ4v) is 3.15. The van der Waals surface area contributed by atoms with Crippen LogP contribution in [0.5, 0.6) is 5.75 Å². The number of Topliss-reactive ketones (excluding diaryl/α,β-unsaturated/α-hetero) is 1. The number of rotatable bonds is 4. The van der Waals surface area contributed by atoms with E-state index in [0.29, 0.717) is 22.0 Å². The molecule has 0 bridgehead atoms.